The number of primary amides is 1. The summed E-state index contributed by atoms with van der Waals surface area (Å²) in [6, 6.07) is -0.129. The third-order valence-electron chi connectivity index (χ3n) is 22.6. The smallest absolute Gasteiger partial charge is 0.330 e. The average molecular weight is 1780 g/mol. The van der Waals surface area contributed by atoms with Crippen molar-refractivity contribution in [1.82, 2.24) is 42.1 Å². The number of fused-ring (bicyclic) bond motifs is 15. The summed E-state index contributed by atoms with van der Waals surface area (Å²) >= 11 is 12.9. The monoisotopic (exact) mass is 1780 g/mol. The van der Waals surface area contributed by atoms with E-state index in [1.54, 1.807) is 13.8 Å². The molecule has 1 unspecified atom stereocenters. The molecule has 4 fully saturated rings. The Hall–Kier alpha value is -10.1. The summed E-state index contributed by atoms with van der Waals surface area (Å²) < 4.78 is 57.5. The highest BCUT2D eigenvalue weighted by molar-refractivity contribution is 7.80. The van der Waals surface area contributed by atoms with Crippen LogP contribution in [0.15, 0.2) is 84.9 Å². The number of hydrogen-bond acceptors (Lipinski definition) is 33. The summed E-state index contributed by atoms with van der Waals surface area (Å²) in [7, 11) is 1.31. The van der Waals surface area contributed by atoms with Crippen molar-refractivity contribution in [2.24, 2.45) is 23.1 Å². The van der Waals surface area contributed by atoms with Gasteiger partial charge < -0.3 is 173 Å². The van der Waals surface area contributed by atoms with Gasteiger partial charge in [-0.2, -0.15) is 0 Å². The lowest BCUT2D eigenvalue weighted by Crippen LogP contribution is -2.65. The molecule has 42 nitrogen and oxygen atoms in total. The number of phenols is 3. The number of benzene rings is 5. The zero-order valence-corrected chi connectivity index (χ0v) is 69.1. The van der Waals surface area contributed by atoms with E-state index in [9.17, 15) is 81.1 Å². The molecule has 5 aromatic carbocycles. The molecule has 9 heterocycles. The Morgan fingerprint density at radius 3 is 1.82 bits per heavy atom. The molecule has 0 saturated carbocycles. The van der Waals surface area contributed by atoms with E-state index in [2.05, 4.69) is 37.2 Å². The molecule has 14 rings (SSSR count). The Kier molecular flexibility index (Phi) is 28.2. The molecule has 9 aliphatic heterocycles. The minimum atomic E-state index is -2.44. The number of nitrogens with two attached hydrogens (primary N) is 3. The van der Waals surface area contributed by atoms with E-state index < -0.39 is 310 Å². The molecular formula is C80H100ClN11O31S. The molecule has 674 valence electrons. The number of aliphatic hydroxyl groups excluding tert-OH is 10. The van der Waals surface area contributed by atoms with Gasteiger partial charge in [-0.25, -0.2) is 4.79 Å². The number of carbonyl (C=O) groups excluding carboxylic acids is 7. The van der Waals surface area contributed by atoms with E-state index in [1.165, 1.54) is 59.0 Å². The molecular weight excluding hydrogens is 1680 g/mol. The topological polar surface area (TPSA) is 668 Å². The molecule has 0 spiro atoms. The van der Waals surface area contributed by atoms with E-state index in [-0.39, 0.29) is 41.3 Å². The number of thiocarbonyl (C=S) groups is 1. The van der Waals surface area contributed by atoms with Gasteiger partial charge in [-0.15, -0.1) is 0 Å². The van der Waals surface area contributed by atoms with Gasteiger partial charge in [-0.05, 0) is 129 Å². The number of phenolic OH excluding ortho intramolecular Hbond substituents is 3. The summed E-state index contributed by atoms with van der Waals surface area (Å²) in [6.07, 6.45) is -32.1. The third-order valence-corrected chi connectivity index (χ3v) is 23.3. The molecule has 44 heteroatoms. The molecule has 27 N–H and O–H groups in total. The number of rotatable bonds is 17. The van der Waals surface area contributed by atoms with Crippen LogP contribution in [0, 0.1) is 5.92 Å². The maximum absolute atomic E-state index is 16.5. The minimum absolute atomic E-state index is 0.0745. The molecule has 124 heavy (non-hydrogen) atoms. The van der Waals surface area contributed by atoms with Gasteiger partial charge in [0.25, 0.3) is 0 Å². The number of likely N-dealkylation sites (N-methyl/N-ethyl adjacent to an activating group) is 1. The fourth-order valence-corrected chi connectivity index (χ4v) is 16.3. The number of carboxylic acids is 1. The van der Waals surface area contributed by atoms with Crippen LogP contribution >= 0.6 is 23.8 Å². The number of ether oxygens (including phenoxy) is 9. The van der Waals surface area contributed by atoms with Crippen molar-refractivity contribution in [3.63, 3.8) is 0 Å². The van der Waals surface area contributed by atoms with Crippen LogP contribution in [-0.4, -0.2) is 283 Å². The average Bonchev–Trinajstić information content (AvgIpc) is 0.762. The molecule has 7 amide bonds. The lowest BCUT2D eigenvalue weighted by atomic mass is 9.86. The van der Waals surface area contributed by atoms with E-state index in [0.717, 1.165) is 65.6 Å². The second kappa shape index (κ2) is 37.6. The van der Waals surface area contributed by atoms with Gasteiger partial charge in [0.15, 0.2) is 47.6 Å². The predicted molar refractivity (Wildman–Crippen MR) is 429 cm³/mol. The van der Waals surface area contributed by atoms with E-state index in [0.29, 0.717) is 0 Å². The number of amides is 7. The first-order valence-electron chi connectivity index (χ1n) is 39.4. The van der Waals surface area contributed by atoms with E-state index in [4.69, 9.17) is 83.7 Å². The van der Waals surface area contributed by atoms with Crippen molar-refractivity contribution < 1.29 is 152 Å². The summed E-state index contributed by atoms with van der Waals surface area (Å²) in [5.41, 5.74) is 13.3. The summed E-state index contributed by atoms with van der Waals surface area (Å²) in [5.74, 6) is -16.9. The second-order valence-corrected chi connectivity index (χ2v) is 33.4. The fourth-order valence-electron chi connectivity index (χ4n) is 15.9. The van der Waals surface area contributed by atoms with Gasteiger partial charge in [-0.3, -0.25) is 33.6 Å². The fraction of sp³-hybridized carbons (Fsp3) is 0.512. The molecule has 11 bridgehead atoms. The minimum Gasteiger partial charge on any atom is -0.508 e. The molecule has 0 aliphatic carbocycles. The molecule has 0 aromatic heterocycles. The van der Waals surface area contributed by atoms with Crippen molar-refractivity contribution in [3.05, 3.63) is 118 Å². The molecule has 9 aliphatic rings. The van der Waals surface area contributed by atoms with Crippen LogP contribution in [0.5, 0.6) is 46.0 Å². The maximum Gasteiger partial charge on any atom is 0.330 e. The van der Waals surface area contributed by atoms with Crippen LogP contribution in [-0.2, 0) is 66.8 Å². The van der Waals surface area contributed by atoms with Crippen molar-refractivity contribution in [1.29, 1.82) is 0 Å². The van der Waals surface area contributed by atoms with Crippen molar-refractivity contribution in [3.8, 4) is 57.1 Å². The van der Waals surface area contributed by atoms with Crippen molar-refractivity contribution >= 4 is 76.3 Å². The van der Waals surface area contributed by atoms with Gasteiger partial charge in [0.2, 0.25) is 53.4 Å². The molecule has 5 aromatic rings. The number of carboxylic acid groups (broad SMARTS) is 1. The normalized spacial score (nSPS) is 33.6. The number of nitrogens with one attached hydrogen (secondary N) is 7. The third kappa shape index (κ3) is 19.8. The zero-order valence-electron chi connectivity index (χ0n) is 67.5. The van der Waals surface area contributed by atoms with Crippen LogP contribution < -0.4 is 68.6 Å². The Morgan fingerprint density at radius 1 is 0.637 bits per heavy atom. The van der Waals surface area contributed by atoms with Gasteiger partial charge >= 0.3 is 5.97 Å². The molecule has 27 atom stereocenters. The van der Waals surface area contributed by atoms with Crippen LogP contribution in [0.2, 0.25) is 5.02 Å². The second-order valence-electron chi connectivity index (χ2n) is 32.6. The van der Waals surface area contributed by atoms with Gasteiger partial charge in [0.05, 0.1) is 49.1 Å². The Morgan fingerprint density at radius 2 is 1.22 bits per heavy atom. The van der Waals surface area contributed by atoms with Crippen molar-refractivity contribution in [2.75, 3.05) is 20.3 Å². The lowest BCUT2D eigenvalue weighted by Gasteiger charge is -2.47. The summed E-state index contributed by atoms with van der Waals surface area (Å²) in [5, 5.41) is 174. The van der Waals surface area contributed by atoms with E-state index >= 15 is 28.8 Å². The number of aromatic hydroxyl groups is 3. The number of nitrogens with zero attached hydrogens (tertiary/aromatic N) is 1. The first-order chi connectivity index (χ1) is 58.4. The molecule has 4 saturated heterocycles. The summed E-state index contributed by atoms with van der Waals surface area (Å²) in [4.78, 5) is 123. The Bertz CT molecular complexity index is 4860. The van der Waals surface area contributed by atoms with Crippen molar-refractivity contribution in [2.45, 2.75) is 231 Å². The van der Waals surface area contributed by atoms with Crippen LogP contribution in [0.25, 0.3) is 11.1 Å². The number of aliphatic hydroxyl groups is 10. The van der Waals surface area contributed by atoms with E-state index in [1.807, 2.05) is 0 Å². The number of carbonyl (C=O) groups is 8. The predicted octanol–water partition coefficient (Wildman–Crippen LogP) is -2.92. The number of aliphatic carboxylic acids is 1. The first kappa shape index (κ1) is 93.1. The highest BCUT2D eigenvalue weighted by Gasteiger charge is 2.53. The summed E-state index contributed by atoms with van der Waals surface area (Å²) in [6.45, 7) is 7.48. The van der Waals surface area contributed by atoms with Gasteiger partial charge in [0.1, 0.15) is 120 Å². The maximum atomic E-state index is 16.5. The van der Waals surface area contributed by atoms with Crippen LogP contribution in [0.1, 0.15) is 125 Å². The Labute approximate surface area is 717 Å². The van der Waals surface area contributed by atoms with Gasteiger partial charge in [0, 0.05) is 53.7 Å². The zero-order chi connectivity index (χ0) is 90.5. The largest absolute Gasteiger partial charge is 0.508 e. The van der Waals surface area contributed by atoms with Gasteiger partial charge in [-0.1, -0.05) is 49.7 Å². The number of hydrogen-bond donors (Lipinski definition) is 24. The highest BCUT2D eigenvalue weighted by Crippen LogP contribution is 2.50. The SMILES string of the molecule is CC(C)C[C@H](C(=O)N[C@H]1C(=O)N[C@@H](CC(N)=O)C(=O)NC2C(=O)N[C@H]3C(=O)N[C@H](C(=O)N[C@H](C(=O)O)c4cc(O)cc(O)c4-c4cc3ccc4O)[C@H](O[C@H]3C[C@](C)(N)[C@@H](O)[C@H](C)O3)c3ccc(cc3)Oc3cc2cc(c3O[C@@H]2O[C@H](CO)[C@@H](O)[C@H](O)[C@H]2O[C@H]2C[C@](C)(N)[C@@H](O)[C@H](C)O2)Oc2ccc(cc2Cl)[C@H]1O)N(C)C(=S)N[C@@H]1O[C@H](CO)[C@@H](O)[C@H](O)[C@H]1O. The van der Waals surface area contributed by atoms with Crippen LogP contribution in [0.3, 0.4) is 0 Å². The Balaban J connectivity index is 1.07. The standard InChI is InChI=1S/C80H100ClN11O31S/c1-28(2)16-41(92(7)78(124)91-75-63(104)61(102)59(100)47(26-93)119-75)70(108)89-56-58(99)33-11-15-44(39(81)18-33)118-46-20-34-19-45(65(46)123-77-66(62(103)60(101)48(27-94)120-77)122-51-25-80(6,84)68(106)30(4)116-51)117-36-12-8-31(9-13-36)64(121-50-24-79(5,83)67(105)29(3)115-50)57-74(112)88-55(76(113)114)38-21-35(95)22-43(97)52(38)37-17-32(10-14-42(37)96)53(71(109)90-57)87-72(110)54(34)86-69(107)40(23-49(82)98)85-73(56)111/h8-15,17-22,28-30,40-41,47-48,50-51,53-64,66-68,75,77,93-97,99-106H,16,23-27,83-84H2,1-7H3,(H2,82,98)(H,85,111)(H,86,107)(H,87,110)(H,88,112)(H,89,108)(H,90,109)(H,91,124)(H,113,114)/t29-,30-,40-,41+,47+,48+,50-,51-,53+,54?,55-,56+,57-,58+,59+,60+,61-,62-,63+,64+,66+,67-,68-,75+,77-,79-,80-/m0/s1. The molecule has 0 radical (unpaired) electrons. The highest BCUT2D eigenvalue weighted by atomic mass is 35.5. The van der Waals surface area contributed by atoms with Crippen LogP contribution in [0.4, 0.5) is 0 Å². The lowest BCUT2D eigenvalue weighted by molar-refractivity contribution is -0.333. The number of halogens is 1. The first-order valence-corrected chi connectivity index (χ1v) is 40.2. The quantitative estimate of drug-likeness (QED) is 0.0415.